The number of nitrogens with zero attached hydrogens (tertiary/aromatic N) is 1. The van der Waals surface area contributed by atoms with Gasteiger partial charge in [-0.15, -0.1) is 0 Å². The van der Waals surface area contributed by atoms with E-state index in [1.807, 2.05) is 12.1 Å². The van der Waals surface area contributed by atoms with Crippen LogP contribution in [0.25, 0.3) is 6.08 Å². The smallest absolute Gasteiger partial charge is 0.293 e. The van der Waals surface area contributed by atoms with Gasteiger partial charge >= 0.3 is 0 Å². The minimum atomic E-state index is -0.270. The summed E-state index contributed by atoms with van der Waals surface area (Å²) >= 11 is 0.949. The molecule has 1 aliphatic rings. The number of ether oxygens (including phenoxy) is 2. The summed E-state index contributed by atoms with van der Waals surface area (Å²) in [6.07, 6.45) is 1.71. The highest BCUT2D eigenvalue weighted by Crippen LogP contribution is 2.32. The fraction of sp³-hybridized carbons (Fsp3) is 0.286. The number of imide groups is 1. The summed E-state index contributed by atoms with van der Waals surface area (Å²) in [4.78, 5) is 25.5. The summed E-state index contributed by atoms with van der Waals surface area (Å²) < 4.78 is 9.96. The number of benzene rings is 1. The van der Waals surface area contributed by atoms with Gasteiger partial charge in [-0.05, 0) is 35.5 Å². The second-order valence-electron chi connectivity index (χ2n) is 4.10. The Morgan fingerprint density at radius 3 is 2.50 bits per heavy atom. The van der Waals surface area contributed by atoms with Crippen molar-refractivity contribution in [1.82, 2.24) is 4.90 Å². The molecule has 2 rings (SSSR count). The van der Waals surface area contributed by atoms with Crippen molar-refractivity contribution in [3.63, 3.8) is 0 Å². The van der Waals surface area contributed by atoms with Gasteiger partial charge in [-0.25, -0.2) is 0 Å². The van der Waals surface area contributed by atoms with Crippen molar-refractivity contribution < 1.29 is 19.1 Å². The predicted molar refractivity (Wildman–Crippen MR) is 77.5 cm³/mol. The van der Waals surface area contributed by atoms with Crippen LogP contribution in [0.4, 0.5) is 4.79 Å². The first kappa shape index (κ1) is 14.6. The van der Waals surface area contributed by atoms with Gasteiger partial charge in [0.05, 0.1) is 25.2 Å². The van der Waals surface area contributed by atoms with Crippen molar-refractivity contribution in [2.24, 2.45) is 0 Å². The molecule has 0 unspecified atom stereocenters. The van der Waals surface area contributed by atoms with Gasteiger partial charge < -0.3 is 9.47 Å². The Morgan fingerprint density at radius 1 is 1.20 bits per heavy atom. The highest BCUT2D eigenvalue weighted by atomic mass is 32.2. The van der Waals surface area contributed by atoms with E-state index in [1.54, 1.807) is 25.3 Å². The van der Waals surface area contributed by atoms with Crippen molar-refractivity contribution in [2.45, 2.75) is 0 Å². The largest absolute Gasteiger partial charge is 0.497 e. The first-order valence-corrected chi connectivity index (χ1v) is 6.85. The van der Waals surface area contributed by atoms with Gasteiger partial charge in [0, 0.05) is 7.11 Å². The summed E-state index contributed by atoms with van der Waals surface area (Å²) in [5, 5.41) is -0.258. The standard InChI is InChI=1S/C14H15NO4S/c1-18-8-7-15-13(16)12(20-14(15)17)9-10-3-5-11(19-2)6-4-10/h3-6,9H,7-8H2,1-2H3/b12-9+. The summed E-state index contributed by atoms with van der Waals surface area (Å²) in [6.45, 7) is 0.620. The van der Waals surface area contributed by atoms with E-state index in [0.717, 1.165) is 23.1 Å². The van der Waals surface area contributed by atoms with Crippen LogP contribution in [0.3, 0.4) is 0 Å². The Kier molecular flexibility index (Phi) is 4.81. The number of thioether (sulfide) groups is 1. The van der Waals surface area contributed by atoms with Crippen molar-refractivity contribution in [1.29, 1.82) is 0 Å². The van der Waals surface area contributed by atoms with E-state index in [-0.39, 0.29) is 17.7 Å². The molecule has 20 heavy (non-hydrogen) atoms. The van der Waals surface area contributed by atoms with E-state index in [4.69, 9.17) is 9.47 Å². The van der Waals surface area contributed by atoms with Crippen LogP contribution >= 0.6 is 11.8 Å². The molecular formula is C14H15NO4S. The third-order valence-electron chi connectivity index (χ3n) is 2.81. The molecule has 5 nitrogen and oxygen atoms in total. The highest BCUT2D eigenvalue weighted by Gasteiger charge is 2.34. The molecule has 1 aromatic rings. The molecule has 0 atom stereocenters. The van der Waals surface area contributed by atoms with E-state index < -0.39 is 0 Å². The van der Waals surface area contributed by atoms with Crippen molar-refractivity contribution in [2.75, 3.05) is 27.4 Å². The lowest BCUT2D eigenvalue weighted by molar-refractivity contribution is -0.123. The number of methoxy groups -OCH3 is 2. The first-order chi connectivity index (χ1) is 9.65. The van der Waals surface area contributed by atoms with Crippen molar-refractivity contribution in [3.8, 4) is 5.75 Å². The van der Waals surface area contributed by atoms with Gasteiger partial charge in [-0.1, -0.05) is 12.1 Å². The topological polar surface area (TPSA) is 55.8 Å². The SMILES string of the molecule is COCCN1C(=O)S/C(=C/c2ccc(OC)cc2)C1=O. The van der Waals surface area contributed by atoms with Crippen LogP contribution in [-0.4, -0.2) is 43.4 Å². The normalized spacial score (nSPS) is 17.1. The van der Waals surface area contributed by atoms with E-state index in [2.05, 4.69) is 0 Å². The van der Waals surface area contributed by atoms with Crippen LogP contribution in [0.5, 0.6) is 5.75 Å². The minimum absolute atomic E-state index is 0.258. The molecule has 0 spiro atoms. The first-order valence-electron chi connectivity index (χ1n) is 6.04. The monoisotopic (exact) mass is 293 g/mol. The summed E-state index contributed by atoms with van der Waals surface area (Å²) in [5.41, 5.74) is 0.850. The zero-order chi connectivity index (χ0) is 14.5. The molecule has 0 aliphatic carbocycles. The maximum atomic E-state index is 12.1. The number of carbonyl (C=O) groups is 2. The molecule has 1 aliphatic heterocycles. The zero-order valence-electron chi connectivity index (χ0n) is 11.3. The average molecular weight is 293 g/mol. The second-order valence-corrected chi connectivity index (χ2v) is 5.09. The van der Waals surface area contributed by atoms with Gasteiger partial charge in [0.15, 0.2) is 0 Å². The Labute approximate surface area is 121 Å². The molecule has 1 heterocycles. The zero-order valence-corrected chi connectivity index (χ0v) is 12.1. The molecule has 1 saturated heterocycles. The number of hydrogen-bond acceptors (Lipinski definition) is 5. The van der Waals surface area contributed by atoms with Crippen LogP contribution < -0.4 is 4.74 Å². The lowest BCUT2D eigenvalue weighted by atomic mass is 10.2. The molecule has 0 N–H and O–H groups in total. The Bertz CT molecular complexity index is 539. The molecule has 2 amide bonds. The molecule has 106 valence electrons. The lowest BCUT2D eigenvalue weighted by Crippen LogP contribution is -2.31. The fourth-order valence-electron chi connectivity index (χ4n) is 1.73. The Hall–Kier alpha value is -1.79. The van der Waals surface area contributed by atoms with Gasteiger partial charge in [0.2, 0.25) is 0 Å². The predicted octanol–water partition coefficient (Wildman–Crippen LogP) is 2.38. The number of carbonyl (C=O) groups excluding carboxylic acids is 2. The fourth-order valence-corrected chi connectivity index (χ4v) is 2.59. The third kappa shape index (κ3) is 3.20. The van der Waals surface area contributed by atoms with Crippen molar-refractivity contribution in [3.05, 3.63) is 34.7 Å². The minimum Gasteiger partial charge on any atom is -0.497 e. The number of hydrogen-bond donors (Lipinski definition) is 0. The van der Waals surface area contributed by atoms with Gasteiger partial charge in [0.25, 0.3) is 11.1 Å². The van der Waals surface area contributed by atoms with Gasteiger partial charge in [-0.3, -0.25) is 14.5 Å². The highest BCUT2D eigenvalue weighted by molar-refractivity contribution is 8.18. The van der Waals surface area contributed by atoms with Crippen LogP contribution in [0.2, 0.25) is 0 Å². The van der Waals surface area contributed by atoms with Crippen molar-refractivity contribution >= 4 is 29.0 Å². The maximum Gasteiger partial charge on any atom is 0.293 e. The molecule has 0 radical (unpaired) electrons. The average Bonchev–Trinajstić information content (AvgIpc) is 2.72. The number of rotatable bonds is 5. The molecule has 0 bridgehead atoms. The Morgan fingerprint density at radius 2 is 1.90 bits per heavy atom. The molecular weight excluding hydrogens is 278 g/mol. The van der Waals surface area contributed by atoms with E-state index >= 15 is 0 Å². The molecule has 1 fully saturated rings. The molecule has 1 aromatic carbocycles. The summed E-state index contributed by atoms with van der Waals surface area (Å²) in [5.74, 6) is 0.475. The van der Waals surface area contributed by atoms with Crippen LogP contribution in [-0.2, 0) is 9.53 Å². The summed E-state index contributed by atoms with van der Waals surface area (Å²) in [7, 11) is 3.13. The quantitative estimate of drug-likeness (QED) is 0.780. The Balaban J connectivity index is 2.14. The summed E-state index contributed by atoms with van der Waals surface area (Å²) in [6, 6.07) is 7.28. The van der Waals surface area contributed by atoms with E-state index in [1.165, 1.54) is 12.0 Å². The number of amides is 2. The van der Waals surface area contributed by atoms with E-state index in [0.29, 0.717) is 11.5 Å². The van der Waals surface area contributed by atoms with Gasteiger partial charge in [0.1, 0.15) is 5.75 Å². The van der Waals surface area contributed by atoms with Gasteiger partial charge in [-0.2, -0.15) is 0 Å². The van der Waals surface area contributed by atoms with Crippen LogP contribution in [0.1, 0.15) is 5.56 Å². The molecule has 0 saturated carbocycles. The lowest BCUT2D eigenvalue weighted by Gasteiger charge is -2.10. The molecule has 0 aromatic heterocycles. The van der Waals surface area contributed by atoms with E-state index in [9.17, 15) is 9.59 Å². The second kappa shape index (κ2) is 6.58. The van der Waals surface area contributed by atoms with Crippen LogP contribution in [0.15, 0.2) is 29.2 Å². The molecule has 6 heteroatoms. The maximum absolute atomic E-state index is 12.1. The third-order valence-corrected chi connectivity index (χ3v) is 3.71. The van der Waals surface area contributed by atoms with Crippen LogP contribution in [0, 0.1) is 0 Å².